The number of unbranched alkanes of at least 4 members (excludes halogenated alkanes) is 1. The van der Waals surface area contributed by atoms with Crippen molar-refractivity contribution in [3.8, 4) is 12.3 Å². The Labute approximate surface area is 116 Å². The lowest BCUT2D eigenvalue weighted by Gasteiger charge is -2.56. The number of fused-ring (bicyclic) bond motifs is 3. The van der Waals surface area contributed by atoms with Gasteiger partial charge >= 0.3 is 6.18 Å². The zero-order valence-corrected chi connectivity index (χ0v) is 11.5. The molecule has 0 saturated carbocycles. The molecule has 3 rings (SSSR count). The quantitative estimate of drug-likeness (QED) is 0.575. The maximum atomic E-state index is 13.3. The first-order chi connectivity index (χ1) is 9.37. The first kappa shape index (κ1) is 15.6. The summed E-state index contributed by atoms with van der Waals surface area (Å²) >= 11 is 0. The average molecular weight is 292 g/mol. The van der Waals surface area contributed by atoms with E-state index in [0.29, 0.717) is 25.7 Å². The van der Waals surface area contributed by atoms with Crippen molar-refractivity contribution >= 4 is 0 Å². The highest BCUT2D eigenvalue weighted by atomic mass is 19.4. The molecule has 3 aliphatic rings. The molecule has 20 heavy (non-hydrogen) atoms. The summed E-state index contributed by atoms with van der Waals surface area (Å²) in [5, 5.41) is 0. The number of alkyl halides is 3. The molecule has 114 valence electrons. The van der Waals surface area contributed by atoms with Crippen molar-refractivity contribution in [3.63, 3.8) is 0 Å². The third-order valence-corrected chi connectivity index (χ3v) is 3.86. The van der Waals surface area contributed by atoms with Gasteiger partial charge in [-0.3, -0.25) is 0 Å². The summed E-state index contributed by atoms with van der Waals surface area (Å²) in [6.07, 6.45) is 1.04. The summed E-state index contributed by atoms with van der Waals surface area (Å²) < 4.78 is 55.9. The lowest BCUT2D eigenvalue weighted by molar-refractivity contribution is -0.515. The number of terminal acetylenes is 1. The highest BCUT2D eigenvalue weighted by Crippen LogP contribution is 2.52. The highest BCUT2D eigenvalue weighted by Gasteiger charge is 2.65. The monoisotopic (exact) mass is 292 g/mol. The molecule has 3 aliphatic heterocycles. The van der Waals surface area contributed by atoms with Gasteiger partial charge in [0, 0.05) is 12.8 Å². The van der Waals surface area contributed by atoms with Crippen LogP contribution in [0.15, 0.2) is 0 Å². The van der Waals surface area contributed by atoms with Gasteiger partial charge in [-0.15, -0.1) is 12.3 Å². The van der Waals surface area contributed by atoms with E-state index in [1.165, 1.54) is 0 Å². The number of ether oxygens (including phenoxy) is 3. The van der Waals surface area contributed by atoms with Crippen LogP contribution >= 0.6 is 0 Å². The number of halogens is 3. The summed E-state index contributed by atoms with van der Waals surface area (Å²) in [5.74, 6) is 0.865. The van der Waals surface area contributed by atoms with E-state index in [-0.39, 0.29) is 19.6 Å². The lowest BCUT2D eigenvalue weighted by atomic mass is 9.77. The van der Waals surface area contributed by atoms with Gasteiger partial charge < -0.3 is 14.2 Å². The molecule has 3 fully saturated rings. The molecule has 3 nitrogen and oxygen atoms in total. The molecule has 0 aromatic carbocycles. The van der Waals surface area contributed by atoms with Crippen molar-refractivity contribution in [3.05, 3.63) is 0 Å². The third-order valence-electron chi connectivity index (χ3n) is 3.86. The Morgan fingerprint density at radius 2 is 1.90 bits per heavy atom. The Balaban J connectivity index is 2.15. The van der Waals surface area contributed by atoms with Crippen LogP contribution in [-0.4, -0.2) is 31.5 Å². The first-order valence-corrected chi connectivity index (χ1v) is 6.83. The molecule has 3 saturated heterocycles. The summed E-state index contributed by atoms with van der Waals surface area (Å²) in [5.41, 5.74) is -1.12. The fraction of sp³-hybridized carbons (Fsp3) is 0.857. The molecule has 0 spiro atoms. The van der Waals surface area contributed by atoms with E-state index in [0.717, 1.165) is 0 Å². The van der Waals surface area contributed by atoms with E-state index in [4.69, 9.17) is 20.6 Å². The van der Waals surface area contributed by atoms with Crippen molar-refractivity contribution in [1.82, 2.24) is 0 Å². The molecule has 0 aliphatic carbocycles. The van der Waals surface area contributed by atoms with Crippen molar-refractivity contribution in [1.29, 1.82) is 0 Å². The van der Waals surface area contributed by atoms with Crippen LogP contribution in [0.2, 0.25) is 0 Å². The van der Waals surface area contributed by atoms with Crippen LogP contribution < -0.4 is 0 Å². The normalized spacial score (nSPS) is 36.9. The number of hydrogen-bond acceptors (Lipinski definition) is 3. The van der Waals surface area contributed by atoms with E-state index in [9.17, 15) is 13.2 Å². The predicted octanol–water partition coefficient (Wildman–Crippen LogP) is 3.24. The van der Waals surface area contributed by atoms with Crippen molar-refractivity contribution in [2.75, 3.05) is 13.2 Å². The van der Waals surface area contributed by atoms with E-state index in [2.05, 4.69) is 5.92 Å². The molecular weight excluding hydrogens is 273 g/mol. The van der Waals surface area contributed by atoms with E-state index >= 15 is 0 Å². The maximum Gasteiger partial charge on any atom is 0.415 e. The van der Waals surface area contributed by atoms with Gasteiger partial charge in [0.1, 0.15) is 0 Å². The third kappa shape index (κ3) is 2.80. The minimum atomic E-state index is -4.42. The summed E-state index contributed by atoms with van der Waals surface area (Å²) in [6.45, 7) is 1.87. The Morgan fingerprint density at radius 1 is 1.25 bits per heavy atom. The zero-order valence-electron chi connectivity index (χ0n) is 11.5. The van der Waals surface area contributed by atoms with Crippen LogP contribution in [0, 0.1) is 17.8 Å². The molecule has 0 radical (unpaired) electrons. The highest BCUT2D eigenvalue weighted by molar-refractivity contribution is 4.99. The van der Waals surface area contributed by atoms with Gasteiger partial charge in [0.25, 0.3) is 5.97 Å². The van der Waals surface area contributed by atoms with Crippen LogP contribution in [0.25, 0.3) is 0 Å². The fourth-order valence-electron chi connectivity index (χ4n) is 2.91. The Kier molecular flexibility index (Phi) is 4.33. The van der Waals surface area contributed by atoms with E-state index in [1.807, 2.05) is 6.92 Å². The second kappa shape index (κ2) is 5.55. The molecule has 3 heterocycles. The van der Waals surface area contributed by atoms with Gasteiger partial charge in [0.2, 0.25) is 0 Å². The predicted molar refractivity (Wildman–Crippen MR) is 65.6 cm³/mol. The Morgan fingerprint density at radius 3 is 2.40 bits per heavy atom. The number of hydrogen-bond donors (Lipinski definition) is 0. The Bertz CT molecular complexity index is 378. The van der Waals surface area contributed by atoms with Gasteiger partial charge in [0.05, 0.1) is 18.6 Å². The lowest BCUT2D eigenvalue weighted by Crippen LogP contribution is -2.68. The van der Waals surface area contributed by atoms with Gasteiger partial charge in [0.15, 0.2) is 6.10 Å². The largest absolute Gasteiger partial charge is 0.415 e. The standard InChI is InChI=1S/C14H19F3O3/c1-3-5-6-8-13-18-9-12(7-4-2,10-19-13)11(20-13)14(15,16)17/h1,11H,4-10H2,2H3. The zero-order chi connectivity index (χ0) is 14.9. The number of rotatable bonds is 5. The van der Waals surface area contributed by atoms with Crippen molar-refractivity contribution in [2.24, 2.45) is 5.41 Å². The molecule has 1 unspecified atom stereocenters. The first-order valence-electron chi connectivity index (χ1n) is 6.83. The molecule has 0 aromatic rings. The minimum absolute atomic E-state index is 0.0150. The summed E-state index contributed by atoms with van der Waals surface area (Å²) in [4.78, 5) is 0. The second-order valence-corrected chi connectivity index (χ2v) is 5.47. The van der Waals surface area contributed by atoms with Crippen LogP contribution in [0.5, 0.6) is 0 Å². The second-order valence-electron chi connectivity index (χ2n) is 5.47. The van der Waals surface area contributed by atoms with Gasteiger partial charge in [-0.25, -0.2) is 0 Å². The van der Waals surface area contributed by atoms with Crippen LogP contribution in [-0.2, 0) is 14.2 Å². The van der Waals surface area contributed by atoms with E-state index in [1.54, 1.807) is 0 Å². The maximum absolute atomic E-state index is 13.3. The average Bonchev–Trinajstić information content (AvgIpc) is 2.40. The van der Waals surface area contributed by atoms with Crippen LogP contribution in [0.1, 0.15) is 39.0 Å². The van der Waals surface area contributed by atoms with Crippen LogP contribution in [0.4, 0.5) is 13.2 Å². The minimum Gasteiger partial charge on any atom is -0.327 e. The van der Waals surface area contributed by atoms with Gasteiger partial charge in [-0.05, 0) is 12.8 Å². The van der Waals surface area contributed by atoms with Crippen molar-refractivity contribution in [2.45, 2.75) is 57.3 Å². The van der Waals surface area contributed by atoms with Crippen molar-refractivity contribution < 1.29 is 27.4 Å². The fourth-order valence-corrected chi connectivity index (χ4v) is 2.91. The summed E-state index contributed by atoms with van der Waals surface area (Å²) in [6, 6.07) is 0. The molecule has 0 amide bonds. The molecule has 0 aromatic heterocycles. The molecule has 6 heteroatoms. The van der Waals surface area contributed by atoms with Crippen LogP contribution in [0.3, 0.4) is 0 Å². The van der Waals surface area contributed by atoms with Gasteiger partial charge in [-0.1, -0.05) is 13.3 Å². The smallest absolute Gasteiger partial charge is 0.327 e. The topological polar surface area (TPSA) is 27.7 Å². The molecule has 2 bridgehead atoms. The SMILES string of the molecule is C#CCCCC12OCC(CCC)(CO1)C(C(F)(F)F)O2. The van der Waals surface area contributed by atoms with E-state index < -0.39 is 23.7 Å². The summed E-state index contributed by atoms with van der Waals surface area (Å²) in [7, 11) is 0. The Hall–Kier alpha value is -0.770. The molecular formula is C14H19F3O3. The molecule has 0 N–H and O–H groups in total. The molecule has 1 atom stereocenters. The van der Waals surface area contributed by atoms with Gasteiger partial charge in [-0.2, -0.15) is 13.2 Å².